The molecule has 0 aliphatic carbocycles. The Kier molecular flexibility index (Phi) is 3.66. The van der Waals surface area contributed by atoms with Gasteiger partial charge in [-0.05, 0) is 23.8 Å². The summed E-state index contributed by atoms with van der Waals surface area (Å²) in [5, 5.41) is 4.39. The van der Waals surface area contributed by atoms with Gasteiger partial charge in [-0.25, -0.2) is 0 Å². The molecule has 0 spiro atoms. The van der Waals surface area contributed by atoms with Crippen molar-refractivity contribution in [2.75, 3.05) is 13.1 Å². The Morgan fingerprint density at radius 2 is 2.29 bits per heavy atom. The molecule has 1 aromatic heterocycles. The van der Waals surface area contributed by atoms with Crippen molar-refractivity contribution < 1.29 is 4.79 Å². The van der Waals surface area contributed by atoms with Gasteiger partial charge in [-0.3, -0.25) is 4.79 Å². The summed E-state index contributed by atoms with van der Waals surface area (Å²) >= 11 is 5.94. The van der Waals surface area contributed by atoms with Crippen LogP contribution in [0.1, 0.15) is 5.56 Å². The van der Waals surface area contributed by atoms with Crippen LogP contribution in [0.4, 0.5) is 0 Å². The van der Waals surface area contributed by atoms with Crippen molar-refractivity contribution >= 4 is 28.4 Å². The number of fused-ring (bicyclic) bond motifs is 1. The number of aromatic amines is 1. The van der Waals surface area contributed by atoms with E-state index in [-0.39, 0.29) is 5.91 Å². The number of nitrogens with two attached hydrogens (primary N) is 1. The third kappa shape index (κ3) is 2.78. The number of amides is 1. The highest BCUT2D eigenvalue weighted by Gasteiger charge is 2.08. The predicted octanol–water partition coefficient (Wildman–Crippen LogP) is 1.44. The molecule has 4 nitrogen and oxygen atoms in total. The van der Waals surface area contributed by atoms with E-state index in [0.717, 1.165) is 16.5 Å². The fourth-order valence-corrected chi connectivity index (χ4v) is 1.92. The summed E-state index contributed by atoms with van der Waals surface area (Å²) < 4.78 is 0. The van der Waals surface area contributed by atoms with Crippen LogP contribution in [0, 0.1) is 0 Å². The first-order valence-corrected chi connectivity index (χ1v) is 5.81. The van der Waals surface area contributed by atoms with Gasteiger partial charge in [0.05, 0.1) is 6.42 Å². The monoisotopic (exact) mass is 251 g/mol. The van der Waals surface area contributed by atoms with Crippen LogP contribution in [-0.2, 0) is 11.2 Å². The predicted molar refractivity (Wildman–Crippen MR) is 69.1 cm³/mol. The molecule has 90 valence electrons. The van der Waals surface area contributed by atoms with Crippen molar-refractivity contribution in [3.05, 3.63) is 35.0 Å². The molecule has 5 heteroatoms. The number of hydrogen-bond donors (Lipinski definition) is 3. The van der Waals surface area contributed by atoms with Gasteiger partial charge in [-0.15, -0.1) is 0 Å². The number of rotatable bonds is 4. The first kappa shape index (κ1) is 12.0. The van der Waals surface area contributed by atoms with Crippen LogP contribution in [-0.4, -0.2) is 24.0 Å². The van der Waals surface area contributed by atoms with Gasteiger partial charge in [-0.1, -0.05) is 11.6 Å². The average Bonchev–Trinajstić information content (AvgIpc) is 2.69. The molecule has 1 heterocycles. The molecule has 0 unspecified atom stereocenters. The number of nitrogens with one attached hydrogen (secondary N) is 2. The Hall–Kier alpha value is -1.52. The minimum absolute atomic E-state index is 0.0312. The molecule has 0 saturated heterocycles. The number of benzene rings is 1. The SMILES string of the molecule is NCCNC(=O)Cc1c[nH]c2ccc(Cl)cc12. The van der Waals surface area contributed by atoms with Gasteiger partial charge in [0.2, 0.25) is 5.91 Å². The lowest BCUT2D eigenvalue weighted by Crippen LogP contribution is -2.30. The Bertz CT molecular complexity index is 536. The third-order valence-corrected chi connectivity index (χ3v) is 2.78. The molecule has 4 N–H and O–H groups in total. The molecule has 0 bridgehead atoms. The van der Waals surface area contributed by atoms with Gasteiger partial charge in [0.15, 0.2) is 0 Å². The zero-order valence-corrected chi connectivity index (χ0v) is 10.1. The van der Waals surface area contributed by atoms with E-state index < -0.39 is 0 Å². The van der Waals surface area contributed by atoms with Gasteiger partial charge < -0.3 is 16.0 Å². The van der Waals surface area contributed by atoms with Gasteiger partial charge in [0.25, 0.3) is 0 Å². The summed E-state index contributed by atoms with van der Waals surface area (Å²) in [5.41, 5.74) is 7.25. The van der Waals surface area contributed by atoms with Crippen LogP contribution in [0.5, 0.6) is 0 Å². The van der Waals surface area contributed by atoms with E-state index in [1.807, 2.05) is 24.4 Å². The molecule has 2 rings (SSSR count). The highest BCUT2D eigenvalue weighted by molar-refractivity contribution is 6.31. The van der Waals surface area contributed by atoms with Crippen molar-refractivity contribution in [2.45, 2.75) is 6.42 Å². The van der Waals surface area contributed by atoms with Gasteiger partial charge in [0, 0.05) is 35.2 Å². The normalized spacial score (nSPS) is 10.7. The molecule has 1 amide bonds. The topological polar surface area (TPSA) is 70.9 Å². The van der Waals surface area contributed by atoms with E-state index in [2.05, 4.69) is 10.3 Å². The largest absolute Gasteiger partial charge is 0.361 e. The van der Waals surface area contributed by atoms with E-state index >= 15 is 0 Å². The second-order valence-electron chi connectivity index (χ2n) is 3.82. The second-order valence-corrected chi connectivity index (χ2v) is 4.26. The number of carbonyl (C=O) groups excluding carboxylic acids is 1. The molecule has 0 aliphatic rings. The molecule has 0 radical (unpaired) electrons. The smallest absolute Gasteiger partial charge is 0.224 e. The molecule has 0 atom stereocenters. The number of hydrogen-bond acceptors (Lipinski definition) is 2. The first-order valence-electron chi connectivity index (χ1n) is 5.43. The molecule has 0 aliphatic heterocycles. The van der Waals surface area contributed by atoms with Crippen LogP contribution in [0.25, 0.3) is 10.9 Å². The second kappa shape index (κ2) is 5.21. The maximum absolute atomic E-state index is 11.6. The van der Waals surface area contributed by atoms with E-state index in [9.17, 15) is 4.79 Å². The standard InChI is InChI=1S/C12H14ClN3O/c13-9-1-2-11-10(6-9)8(7-16-11)5-12(17)15-4-3-14/h1-2,6-7,16H,3-5,14H2,(H,15,17). The zero-order valence-electron chi connectivity index (χ0n) is 9.29. The van der Waals surface area contributed by atoms with Crippen LogP contribution in [0.15, 0.2) is 24.4 Å². The quantitative estimate of drug-likeness (QED) is 0.770. The molecular weight excluding hydrogens is 238 g/mol. The highest BCUT2D eigenvalue weighted by atomic mass is 35.5. The maximum atomic E-state index is 11.6. The Balaban J connectivity index is 2.18. The molecule has 17 heavy (non-hydrogen) atoms. The summed E-state index contributed by atoms with van der Waals surface area (Å²) in [6, 6.07) is 5.58. The summed E-state index contributed by atoms with van der Waals surface area (Å²) in [6.45, 7) is 0.952. The zero-order chi connectivity index (χ0) is 12.3. The minimum Gasteiger partial charge on any atom is -0.361 e. The number of H-pyrrole nitrogens is 1. The van der Waals surface area contributed by atoms with Gasteiger partial charge in [0.1, 0.15) is 0 Å². The van der Waals surface area contributed by atoms with Gasteiger partial charge >= 0.3 is 0 Å². The van der Waals surface area contributed by atoms with E-state index in [0.29, 0.717) is 24.5 Å². The summed E-state index contributed by atoms with van der Waals surface area (Å²) in [7, 11) is 0. The Morgan fingerprint density at radius 3 is 3.06 bits per heavy atom. The van der Waals surface area contributed by atoms with Crippen LogP contribution in [0.3, 0.4) is 0 Å². The first-order chi connectivity index (χ1) is 8.20. The van der Waals surface area contributed by atoms with Crippen LogP contribution in [0.2, 0.25) is 5.02 Å². The lowest BCUT2D eigenvalue weighted by atomic mass is 10.1. The average molecular weight is 252 g/mol. The molecular formula is C12H14ClN3O. The summed E-state index contributed by atoms with van der Waals surface area (Å²) in [5.74, 6) is -0.0312. The van der Waals surface area contributed by atoms with Crippen molar-refractivity contribution in [3.8, 4) is 0 Å². The number of carbonyl (C=O) groups is 1. The maximum Gasteiger partial charge on any atom is 0.224 e. The summed E-state index contributed by atoms with van der Waals surface area (Å²) in [4.78, 5) is 14.7. The van der Waals surface area contributed by atoms with Crippen LogP contribution < -0.4 is 11.1 Å². The van der Waals surface area contributed by atoms with E-state index in [1.54, 1.807) is 0 Å². The number of halogens is 1. The fourth-order valence-electron chi connectivity index (χ4n) is 1.74. The van der Waals surface area contributed by atoms with Crippen LogP contribution >= 0.6 is 11.6 Å². The lowest BCUT2D eigenvalue weighted by Gasteiger charge is -2.02. The molecule has 0 fully saturated rings. The number of aromatic nitrogens is 1. The third-order valence-electron chi connectivity index (χ3n) is 2.55. The van der Waals surface area contributed by atoms with Gasteiger partial charge in [-0.2, -0.15) is 0 Å². The highest BCUT2D eigenvalue weighted by Crippen LogP contribution is 2.22. The minimum atomic E-state index is -0.0312. The Morgan fingerprint density at radius 1 is 1.47 bits per heavy atom. The van der Waals surface area contributed by atoms with E-state index in [4.69, 9.17) is 17.3 Å². The Labute approximate surface area is 104 Å². The van der Waals surface area contributed by atoms with Crippen molar-refractivity contribution in [3.63, 3.8) is 0 Å². The van der Waals surface area contributed by atoms with Crippen molar-refractivity contribution in [2.24, 2.45) is 5.73 Å². The van der Waals surface area contributed by atoms with Crippen molar-refractivity contribution in [1.82, 2.24) is 10.3 Å². The molecule has 0 saturated carbocycles. The summed E-state index contributed by atoms with van der Waals surface area (Å²) in [6.07, 6.45) is 2.17. The van der Waals surface area contributed by atoms with E-state index in [1.165, 1.54) is 0 Å². The molecule has 2 aromatic rings. The lowest BCUT2D eigenvalue weighted by molar-refractivity contribution is -0.120. The molecule has 1 aromatic carbocycles. The fraction of sp³-hybridized carbons (Fsp3) is 0.250. The van der Waals surface area contributed by atoms with Crippen molar-refractivity contribution in [1.29, 1.82) is 0 Å².